The summed E-state index contributed by atoms with van der Waals surface area (Å²) < 4.78 is 5.29. The van der Waals surface area contributed by atoms with Gasteiger partial charge in [-0.3, -0.25) is 4.79 Å². The number of nitrogens with zero attached hydrogens (tertiary/aromatic N) is 2. The van der Waals surface area contributed by atoms with E-state index < -0.39 is 0 Å². The number of carbonyl (C=O) groups excluding carboxylic acids is 2. The molecule has 0 aliphatic heterocycles. The minimum absolute atomic E-state index is 0.169. The van der Waals surface area contributed by atoms with Crippen molar-refractivity contribution in [3.8, 4) is 0 Å². The molecule has 1 aliphatic carbocycles. The summed E-state index contributed by atoms with van der Waals surface area (Å²) in [4.78, 5) is 35.2. The molecule has 0 aromatic carbocycles. The van der Waals surface area contributed by atoms with Gasteiger partial charge in [0.2, 0.25) is 5.91 Å². The van der Waals surface area contributed by atoms with Crippen LogP contribution >= 0.6 is 23.1 Å². The van der Waals surface area contributed by atoms with Crippen LogP contribution < -0.4 is 5.32 Å². The van der Waals surface area contributed by atoms with Crippen molar-refractivity contribution in [1.82, 2.24) is 9.97 Å². The summed E-state index contributed by atoms with van der Waals surface area (Å²) in [6.07, 6.45) is 6.37. The molecule has 2 aromatic heterocycles. The number of rotatable bonds is 6. The van der Waals surface area contributed by atoms with Crippen molar-refractivity contribution in [2.75, 3.05) is 17.7 Å². The summed E-state index contributed by atoms with van der Waals surface area (Å²) in [5.41, 5.74) is 3.37. The third-order valence-corrected chi connectivity index (χ3v) is 6.75. The Kier molecular flexibility index (Phi) is 7.66. The van der Waals surface area contributed by atoms with Crippen LogP contribution in [0.15, 0.2) is 11.2 Å². The van der Waals surface area contributed by atoms with E-state index in [9.17, 15) is 9.59 Å². The number of anilines is 1. The smallest absolute Gasteiger partial charge is 0.341 e. The molecule has 8 heteroatoms. The molecule has 0 radical (unpaired) electrons. The van der Waals surface area contributed by atoms with E-state index in [1.807, 2.05) is 19.9 Å². The van der Waals surface area contributed by atoms with Crippen LogP contribution in [-0.4, -0.2) is 34.2 Å². The second kappa shape index (κ2) is 10.2. The van der Waals surface area contributed by atoms with Gasteiger partial charge in [-0.05, 0) is 58.1 Å². The highest BCUT2D eigenvalue weighted by Crippen LogP contribution is 2.37. The first-order chi connectivity index (χ1) is 14.0. The molecular weight excluding hydrogens is 406 g/mol. The van der Waals surface area contributed by atoms with Crippen LogP contribution in [0.5, 0.6) is 0 Å². The summed E-state index contributed by atoms with van der Waals surface area (Å²) in [7, 11) is 0. The molecule has 0 unspecified atom stereocenters. The highest BCUT2D eigenvalue weighted by Gasteiger charge is 2.26. The normalized spacial score (nSPS) is 13.9. The Morgan fingerprint density at radius 1 is 1.14 bits per heavy atom. The zero-order valence-corrected chi connectivity index (χ0v) is 18.8. The van der Waals surface area contributed by atoms with Gasteiger partial charge in [-0.2, -0.15) is 0 Å². The number of amides is 1. The number of thioether (sulfide) groups is 1. The fourth-order valence-electron chi connectivity index (χ4n) is 3.48. The van der Waals surface area contributed by atoms with E-state index in [2.05, 4.69) is 15.3 Å². The molecule has 0 saturated carbocycles. The average Bonchev–Trinajstić information content (AvgIpc) is 2.95. The number of thiophene rings is 1. The second-order valence-electron chi connectivity index (χ2n) is 7.11. The molecule has 0 spiro atoms. The fraction of sp³-hybridized carbons (Fsp3) is 0.524. The molecule has 6 nitrogen and oxygen atoms in total. The lowest BCUT2D eigenvalue weighted by molar-refractivity contribution is -0.113. The van der Waals surface area contributed by atoms with Gasteiger partial charge in [0.1, 0.15) is 5.00 Å². The van der Waals surface area contributed by atoms with E-state index in [0.717, 1.165) is 42.6 Å². The zero-order chi connectivity index (χ0) is 20.8. The number of aryl methyl sites for hydroxylation is 3. The van der Waals surface area contributed by atoms with Crippen LogP contribution in [-0.2, 0) is 22.4 Å². The Hall–Kier alpha value is -1.93. The topological polar surface area (TPSA) is 81.2 Å². The number of aromatic nitrogens is 2. The fourth-order valence-corrected chi connectivity index (χ4v) is 5.52. The molecule has 0 atom stereocenters. The highest BCUT2D eigenvalue weighted by atomic mass is 32.2. The number of esters is 1. The van der Waals surface area contributed by atoms with Crippen LogP contribution in [0.4, 0.5) is 5.00 Å². The van der Waals surface area contributed by atoms with Gasteiger partial charge in [-0.25, -0.2) is 14.8 Å². The number of fused-ring (bicyclic) bond motifs is 1. The van der Waals surface area contributed by atoms with Crippen molar-refractivity contribution in [2.24, 2.45) is 0 Å². The van der Waals surface area contributed by atoms with E-state index in [0.29, 0.717) is 22.3 Å². The van der Waals surface area contributed by atoms with Gasteiger partial charge in [0.15, 0.2) is 5.16 Å². The van der Waals surface area contributed by atoms with Gasteiger partial charge in [0.05, 0.1) is 17.9 Å². The monoisotopic (exact) mass is 433 g/mol. The molecule has 0 bridgehead atoms. The third-order valence-electron chi connectivity index (χ3n) is 4.70. The van der Waals surface area contributed by atoms with Crippen LogP contribution in [0, 0.1) is 13.8 Å². The Morgan fingerprint density at radius 2 is 1.83 bits per heavy atom. The summed E-state index contributed by atoms with van der Waals surface area (Å²) in [6.45, 7) is 5.93. The highest BCUT2D eigenvalue weighted by molar-refractivity contribution is 7.99. The second-order valence-corrected chi connectivity index (χ2v) is 9.16. The number of nitrogens with one attached hydrogen (secondary N) is 1. The maximum atomic E-state index is 12.6. The SMILES string of the molecule is CCOC(=O)c1c(NC(=O)CSc2nc(C)cc(C)n2)sc2c1CCCCCC2. The molecule has 0 fully saturated rings. The average molecular weight is 434 g/mol. The van der Waals surface area contributed by atoms with E-state index in [1.165, 1.54) is 40.8 Å². The standard InChI is InChI=1S/C21H27N3O3S2/c1-4-27-20(26)18-15-9-7-5-6-8-10-16(15)29-19(18)24-17(25)12-28-21-22-13(2)11-14(3)23-21/h11H,4-10,12H2,1-3H3,(H,24,25). The zero-order valence-electron chi connectivity index (χ0n) is 17.2. The van der Waals surface area contributed by atoms with Crippen molar-refractivity contribution in [1.29, 1.82) is 0 Å². The Balaban J connectivity index is 1.76. The first kappa shape index (κ1) is 21.8. The first-order valence-electron chi connectivity index (χ1n) is 10.0. The minimum atomic E-state index is -0.342. The molecule has 2 aromatic rings. The largest absolute Gasteiger partial charge is 0.462 e. The summed E-state index contributed by atoms with van der Waals surface area (Å²) in [6, 6.07) is 1.90. The molecule has 29 heavy (non-hydrogen) atoms. The molecule has 3 rings (SSSR count). The van der Waals surface area contributed by atoms with Crippen molar-refractivity contribution in [3.05, 3.63) is 33.5 Å². The summed E-state index contributed by atoms with van der Waals surface area (Å²) >= 11 is 2.82. The molecule has 0 saturated heterocycles. The predicted octanol–water partition coefficient (Wildman–Crippen LogP) is 4.72. The summed E-state index contributed by atoms with van der Waals surface area (Å²) in [5.74, 6) is -0.322. The number of ether oxygens (including phenoxy) is 1. The minimum Gasteiger partial charge on any atom is -0.462 e. The van der Waals surface area contributed by atoms with Gasteiger partial charge < -0.3 is 10.1 Å². The maximum absolute atomic E-state index is 12.6. The molecule has 1 N–H and O–H groups in total. The first-order valence-corrected chi connectivity index (χ1v) is 11.8. The van der Waals surface area contributed by atoms with Gasteiger partial charge in [-0.1, -0.05) is 24.6 Å². The van der Waals surface area contributed by atoms with Crippen molar-refractivity contribution < 1.29 is 14.3 Å². The molecule has 1 amide bonds. The van der Waals surface area contributed by atoms with Gasteiger partial charge in [-0.15, -0.1) is 11.3 Å². The van der Waals surface area contributed by atoms with Crippen LogP contribution in [0.2, 0.25) is 0 Å². The molecular formula is C21H27N3O3S2. The molecule has 156 valence electrons. The van der Waals surface area contributed by atoms with Gasteiger partial charge in [0.25, 0.3) is 0 Å². The predicted molar refractivity (Wildman–Crippen MR) is 117 cm³/mol. The lowest BCUT2D eigenvalue weighted by Crippen LogP contribution is -2.17. The molecule has 2 heterocycles. The molecule has 1 aliphatic rings. The Labute approximate surface area is 179 Å². The van der Waals surface area contributed by atoms with Crippen molar-refractivity contribution in [3.63, 3.8) is 0 Å². The van der Waals surface area contributed by atoms with E-state index in [-0.39, 0.29) is 17.6 Å². The lowest BCUT2D eigenvalue weighted by atomic mass is 9.96. The quantitative estimate of drug-likeness (QED) is 0.403. The van der Waals surface area contributed by atoms with E-state index in [4.69, 9.17) is 4.74 Å². The van der Waals surface area contributed by atoms with Gasteiger partial charge in [0, 0.05) is 16.3 Å². The van der Waals surface area contributed by atoms with E-state index in [1.54, 1.807) is 6.92 Å². The Morgan fingerprint density at radius 3 is 2.52 bits per heavy atom. The van der Waals surface area contributed by atoms with Crippen LogP contribution in [0.3, 0.4) is 0 Å². The number of hydrogen-bond acceptors (Lipinski definition) is 7. The maximum Gasteiger partial charge on any atom is 0.341 e. The van der Waals surface area contributed by atoms with Gasteiger partial charge >= 0.3 is 5.97 Å². The number of carbonyl (C=O) groups is 2. The lowest BCUT2D eigenvalue weighted by Gasteiger charge is -2.11. The van der Waals surface area contributed by atoms with Crippen molar-refractivity contribution >= 4 is 40.0 Å². The van der Waals surface area contributed by atoms with Crippen molar-refractivity contribution in [2.45, 2.75) is 64.5 Å². The third kappa shape index (κ3) is 5.79. The van der Waals surface area contributed by atoms with Crippen LogP contribution in [0.1, 0.15) is 64.8 Å². The number of hydrogen-bond donors (Lipinski definition) is 1. The van der Waals surface area contributed by atoms with Crippen LogP contribution in [0.25, 0.3) is 0 Å². The van der Waals surface area contributed by atoms with E-state index >= 15 is 0 Å². The Bertz CT molecular complexity index is 875. The summed E-state index contributed by atoms with van der Waals surface area (Å²) in [5, 5.41) is 4.15.